The number of likely N-dealkylation sites (tertiary alicyclic amines) is 1. The fraction of sp³-hybridized carbons (Fsp3) is 0.500. The second kappa shape index (κ2) is 4.37. The molecule has 0 radical (unpaired) electrons. The van der Waals surface area contributed by atoms with Crippen molar-refractivity contribution in [2.45, 2.75) is 24.9 Å². The number of imide groups is 1. The first kappa shape index (κ1) is 13.0. The molecule has 0 N–H and O–H groups in total. The zero-order valence-electron chi connectivity index (χ0n) is 11.8. The van der Waals surface area contributed by atoms with Gasteiger partial charge in [-0.3, -0.25) is 19.4 Å². The zero-order valence-corrected chi connectivity index (χ0v) is 11.8. The molecular formula is C16H17FN2O2. The van der Waals surface area contributed by atoms with E-state index < -0.39 is 0 Å². The lowest BCUT2D eigenvalue weighted by Crippen LogP contribution is -2.37. The Morgan fingerprint density at radius 2 is 1.76 bits per heavy atom. The lowest BCUT2D eigenvalue weighted by atomic mass is 9.85. The largest absolute Gasteiger partial charge is 0.292 e. The molecule has 4 nitrogen and oxygen atoms in total. The summed E-state index contributed by atoms with van der Waals surface area (Å²) < 4.78 is 13.2. The van der Waals surface area contributed by atoms with Gasteiger partial charge in [0, 0.05) is 19.1 Å². The summed E-state index contributed by atoms with van der Waals surface area (Å²) in [4.78, 5) is 28.4. The monoisotopic (exact) mass is 288 g/mol. The van der Waals surface area contributed by atoms with Crippen LogP contribution in [0.1, 0.15) is 24.4 Å². The SMILES string of the molecule is CN1C(=O)C2C(C1=O)C(c1ccc(F)cc1)N1CCCC21. The number of carbonyl (C=O) groups is 2. The Bertz CT molecular complexity index is 615. The molecule has 3 saturated heterocycles. The number of carbonyl (C=O) groups excluding carboxylic acids is 2. The van der Waals surface area contributed by atoms with Crippen LogP contribution in [0.2, 0.25) is 0 Å². The van der Waals surface area contributed by atoms with Gasteiger partial charge in [0.25, 0.3) is 0 Å². The highest BCUT2D eigenvalue weighted by molar-refractivity contribution is 6.06. The molecule has 0 aliphatic carbocycles. The normalized spacial score (nSPS) is 35.4. The highest BCUT2D eigenvalue weighted by atomic mass is 19.1. The van der Waals surface area contributed by atoms with Gasteiger partial charge in [-0.2, -0.15) is 0 Å². The number of hydrogen-bond donors (Lipinski definition) is 0. The summed E-state index contributed by atoms with van der Waals surface area (Å²) in [5.74, 6) is -0.948. The molecule has 0 aromatic heterocycles. The van der Waals surface area contributed by atoms with Crippen LogP contribution in [-0.4, -0.2) is 41.2 Å². The second-order valence-corrected chi connectivity index (χ2v) is 6.23. The molecule has 0 saturated carbocycles. The van der Waals surface area contributed by atoms with Crippen molar-refractivity contribution in [2.75, 3.05) is 13.6 Å². The van der Waals surface area contributed by atoms with Gasteiger partial charge >= 0.3 is 0 Å². The van der Waals surface area contributed by atoms with Gasteiger partial charge in [0.05, 0.1) is 11.8 Å². The van der Waals surface area contributed by atoms with E-state index >= 15 is 0 Å². The van der Waals surface area contributed by atoms with Crippen LogP contribution in [0.25, 0.3) is 0 Å². The Morgan fingerprint density at radius 1 is 1.10 bits per heavy atom. The number of rotatable bonds is 1. The van der Waals surface area contributed by atoms with E-state index in [0.29, 0.717) is 0 Å². The highest BCUT2D eigenvalue weighted by Crippen LogP contribution is 2.52. The number of benzene rings is 1. The van der Waals surface area contributed by atoms with E-state index in [2.05, 4.69) is 4.90 Å². The Hall–Kier alpha value is -1.75. The van der Waals surface area contributed by atoms with Crippen LogP contribution < -0.4 is 0 Å². The van der Waals surface area contributed by atoms with Crippen molar-refractivity contribution in [3.05, 3.63) is 35.6 Å². The van der Waals surface area contributed by atoms with E-state index in [1.807, 2.05) is 0 Å². The van der Waals surface area contributed by atoms with Crippen LogP contribution in [0.3, 0.4) is 0 Å². The van der Waals surface area contributed by atoms with E-state index in [-0.39, 0.29) is 41.6 Å². The Kier molecular flexibility index (Phi) is 2.70. The number of fused-ring (bicyclic) bond motifs is 3. The molecule has 3 aliphatic rings. The van der Waals surface area contributed by atoms with Gasteiger partial charge in [-0.15, -0.1) is 0 Å². The van der Waals surface area contributed by atoms with E-state index in [9.17, 15) is 14.0 Å². The van der Waals surface area contributed by atoms with Gasteiger partial charge in [-0.05, 0) is 37.1 Å². The average molecular weight is 288 g/mol. The first-order valence-corrected chi connectivity index (χ1v) is 7.42. The third kappa shape index (κ3) is 1.64. The average Bonchev–Trinajstić information content (AvgIpc) is 3.10. The second-order valence-electron chi connectivity index (χ2n) is 6.23. The minimum absolute atomic E-state index is 0.0495. The lowest BCUT2D eigenvalue weighted by Gasteiger charge is -2.28. The van der Waals surface area contributed by atoms with Crippen LogP contribution in [-0.2, 0) is 9.59 Å². The summed E-state index contributed by atoms with van der Waals surface area (Å²) in [7, 11) is 1.57. The topological polar surface area (TPSA) is 40.6 Å². The third-order valence-electron chi connectivity index (χ3n) is 5.28. The fourth-order valence-corrected chi connectivity index (χ4v) is 4.41. The summed E-state index contributed by atoms with van der Waals surface area (Å²) in [6.45, 7) is 0.907. The lowest BCUT2D eigenvalue weighted by molar-refractivity contribution is -0.139. The van der Waals surface area contributed by atoms with Crippen molar-refractivity contribution in [1.82, 2.24) is 9.80 Å². The fourth-order valence-electron chi connectivity index (χ4n) is 4.41. The Balaban J connectivity index is 1.80. The van der Waals surface area contributed by atoms with Crippen molar-refractivity contribution < 1.29 is 14.0 Å². The number of nitrogens with zero attached hydrogens (tertiary/aromatic N) is 2. The molecule has 3 fully saturated rings. The minimum atomic E-state index is -0.307. The Labute approximate surface area is 122 Å². The van der Waals surface area contributed by atoms with E-state index in [1.165, 1.54) is 17.0 Å². The van der Waals surface area contributed by atoms with Gasteiger partial charge in [0.2, 0.25) is 11.8 Å². The summed E-state index contributed by atoms with van der Waals surface area (Å²) in [6, 6.07) is 6.41. The molecule has 3 heterocycles. The number of amides is 2. The van der Waals surface area contributed by atoms with Crippen molar-refractivity contribution in [3.8, 4) is 0 Å². The summed E-state index contributed by atoms with van der Waals surface area (Å²) in [6.07, 6.45) is 2.02. The van der Waals surface area contributed by atoms with Crippen LogP contribution >= 0.6 is 0 Å². The first-order chi connectivity index (χ1) is 10.1. The van der Waals surface area contributed by atoms with Gasteiger partial charge < -0.3 is 0 Å². The quantitative estimate of drug-likeness (QED) is 0.737. The van der Waals surface area contributed by atoms with E-state index in [0.717, 1.165) is 24.9 Å². The molecule has 4 unspecified atom stereocenters. The summed E-state index contributed by atoms with van der Waals surface area (Å²) in [5, 5.41) is 0. The van der Waals surface area contributed by atoms with Gasteiger partial charge in [0.15, 0.2) is 0 Å². The molecule has 4 atom stereocenters. The van der Waals surface area contributed by atoms with E-state index in [4.69, 9.17) is 0 Å². The van der Waals surface area contributed by atoms with Crippen LogP contribution in [0.15, 0.2) is 24.3 Å². The molecule has 1 aromatic carbocycles. The van der Waals surface area contributed by atoms with Crippen molar-refractivity contribution in [2.24, 2.45) is 11.8 Å². The zero-order chi connectivity index (χ0) is 14.7. The molecule has 1 aromatic rings. The van der Waals surface area contributed by atoms with Crippen LogP contribution in [0.4, 0.5) is 4.39 Å². The van der Waals surface area contributed by atoms with E-state index in [1.54, 1.807) is 19.2 Å². The van der Waals surface area contributed by atoms with Crippen molar-refractivity contribution in [1.29, 1.82) is 0 Å². The molecule has 5 heteroatoms. The standard InChI is InChI=1S/C16H17FN2O2/c1-18-15(20)12-11-3-2-8-19(11)14(13(12)16(18)21)9-4-6-10(17)7-5-9/h4-7,11-14H,2-3,8H2,1H3. The number of hydrogen-bond acceptors (Lipinski definition) is 3. The van der Waals surface area contributed by atoms with Crippen LogP contribution in [0.5, 0.6) is 0 Å². The maximum absolute atomic E-state index is 13.2. The van der Waals surface area contributed by atoms with Gasteiger partial charge in [-0.25, -0.2) is 4.39 Å². The molecule has 110 valence electrons. The van der Waals surface area contributed by atoms with Crippen LogP contribution in [0, 0.1) is 17.7 Å². The Morgan fingerprint density at radius 3 is 2.48 bits per heavy atom. The molecular weight excluding hydrogens is 271 g/mol. The molecule has 2 amide bonds. The summed E-state index contributed by atoms with van der Waals surface area (Å²) in [5.41, 5.74) is 0.937. The molecule has 21 heavy (non-hydrogen) atoms. The summed E-state index contributed by atoms with van der Waals surface area (Å²) >= 11 is 0. The van der Waals surface area contributed by atoms with Gasteiger partial charge in [-0.1, -0.05) is 12.1 Å². The molecule has 0 bridgehead atoms. The molecule has 3 aliphatic heterocycles. The third-order valence-corrected chi connectivity index (χ3v) is 5.28. The highest BCUT2D eigenvalue weighted by Gasteiger charge is 2.62. The molecule has 0 spiro atoms. The molecule has 4 rings (SSSR count). The van der Waals surface area contributed by atoms with Gasteiger partial charge in [0.1, 0.15) is 5.82 Å². The number of halogens is 1. The minimum Gasteiger partial charge on any atom is -0.292 e. The van der Waals surface area contributed by atoms with Crippen molar-refractivity contribution in [3.63, 3.8) is 0 Å². The predicted octanol–water partition coefficient (Wildman–Crippen LogP) is 1.58. The maximum Gasteiger partial charge on any atom is 0.234 e. The predicted molar refractivity (Wildman–Crippen MR) is 73.6 cm³/mol. The first-order valence-electron chi connectivity index (χ1n) is 7.42. The maximum atomic E-state index is 13.2. The van der Waals surface area contributed by atoms with Crippen molar-refractivity contribution >= 4 is 11.8 Å². The smallest absolute Gasteiger partial charge is 0.234 e.